The second-order valence-corrected chi connectivity index (χ2v) is 4.72. The number of halogens is 3. The van der Waals surface area contributed by atoms with E-state index < -0.39 is 28.9 Å². The maximum atomic E-state index is 13.1. The van der Waals surface area contributed by atoms with Crippen molar-refractivity contribution in [1.29, 1.82) is 0 Å². The highest BCUT2D eigenvalue weighted by Crippen LogP contribution is 2.33. The van der Waals surface area contributed by atoms with Crippen molar-refractivity contribution < 1.29 is 14.0 Å². The summed E-state index contributed by atoms with van der Waals surface area (Å²) in [6.45, 7) is 0. The molecule has 0 saturated carbocycles. The largest absolute Gasteiger partial charge is 0.295 e. The van der Waals surface area contributed by atoms with Crippen molar-refractivity contribution in [3.05, 3.63) is 34.1 Å². The van der Waals surface area contributed by atoms with E-state index >= 15 is 0 Å². The van der Waals surface area contributed by atoms with Crippen LogP contribution >= 0.6 is 27.5 Å². The van der Waals surface area contributed by atoms with E-state index in [1.54, 1.807) is 0 Å². The average molecular weight is 307 g/mol. The Labute approximate surface area is 104 Å². The summed E-state index contributed by atoms with van der Waals surface area (Å²) in [5, 5.41) is 1.11. The summed E-state index contributed by atoms with van der Waals surface area (Å²) < 4.78 is 13.6. The summed E-state index contributed by atoms with van der Waals surface area (Å²) in [4.78, 5) is 22.7. The van der Waals surface area contributed by atoms with Gasteiger partial charge in [-0.15, -0.1) is 11.6 Å². The van der Waals surface area contributed by atoms with Crippen LogP contribution in [0.25, 0.3) is 0 Å². The first kappa shape index (κ1) is 11.5. The summed E-state index contributed by atoms with van der Waals surface area (Å²) in [6.07, 6.45) is 0. The van der Waals surface area contributed by atoms with E-state index in [0.717, 1.165) is 0 Å². The Kier molecular flexibility index (Phi) is 2.99. The van der Waals surface area contributed by atoms with Gasteiger partial charge in [0.25, 0.3) is 0 Å². The normalized spacial score (nSPS) is 24.7. The van der Waals surface area contributed by atoms with Gasteiger partial charge in [0.05, 0.1) is 5.92 Å². The number of carbonyl (C=O) groups excluding carboxylic acids is 2. The molecule has 2 rings (SSSR count). The highest BCUT2D eigenvalue weighted by Gasteiger charge is 2.42. The van der Waals surface area contributed by atoms with Gasteiger partial charge in [-0.1, -0.05) is 15.9 Å². The molecule has 0 aliphatic carbocycles. The van der Waals surface area contributed by atoms with Gasteiger partial charge in [0.2, 0.25) is 11.8 Å². The smallest absolute Gasteiger partial charge is 0.245 e. The molecule has 1 saturated heterocycles. The number of rotatable bonds is 1. The molecule has 1 heterocycles. The number of alkyl halides is 1. The van der Waals surface area contributed by atoms with Gasteiger partial charge in [0.1, 0.15) is 11.2 Å². The Balaban J connectivity index is 2.48. The number of benzene rings is 1. The third kappa shape index (κ3) is 1.85. The number of hydrogen-bond acceptors (Lipinski definition) is 2. The standard InChI is InChI=1S/C10H6BrClFNO2/c11-6-2-1-4(13)3-5(6)7-8(12)10(16)14-9(7)15/h1-3,7-8H,(H,14,15,16). The topological polar surface area (TPSA) is 46.2 Å². The van der Waals surface area contributed by atoms with Crippen LogP contribution in [0.5, 0.6) is 0 Å². The first-order valence-electron chi connectivity index (χ1n) is 4.44. The molecule has 84 valence electrons. The van der Waals surface area contributed by atoms with Crippen LogP contribution in [0.2, 0.25) is 0 Å². The number of nitrogens with one attached hydrogen (secondary N) is 1. The van der Waals surface area contributed by atoms with Crippen LogP contribution in [-0.2, 0) is 9.59 Å². The summed E-state index contributed by atoms with van der Waals surface area (Å²) in [5.74, 6) is -2.38. The second kappa shape index (κ2) is 4.14. The molecule has 2 amide bonds. The molecule has 0 radical (unpaired) electrons. The molecule has 1 aliphatic rings. The summed E-state index contributed by atoms with van der Waals surface area (Å²) in [6, 6.07) is 3.93. The van der Waals surface area contributed by atoms with E-state index in [9.17, 15) is 14.0 Å². The molecule has 1 aromatic rings. The molecule has 3 nitrogen and oxygen atoms in total. The van der Waals surface area contributed by atoms with Crippen molar-refractivity contribution in [3.8, 4) is 0 Å². The Morgan fingerprint density at radius 2 is 2.00 bits per heavy atom. The Bertz CT molecular complexity index is 480. The number of imide groups is 1. The minimum atomic E-state index is -0.995. The predicted octanol–water partition coefficient (Wildman–Crippen LogP) is 1.94. The Morgan fingerprint density at radius 3 is 2.56 bits per heavy atom. The van der Waals surface area contributed by atoms with Crippen molar-refractivity contribution in [2.45, 2.75) is 11.3 Å². The van der Waals surface area contributed by atoms with Gasteiger partial charge in [-0.25, -0.2) is 4.39 Å². The van der Waals surface area contributed by atoms with Crippen LogP contribution in [0.3, 0.4) is 0 Å². The zero-order valence-electron chi connectivity index (χ0n) is 7.84. The van der Waals surface area contributed by atoms with Crippen LogP contribution in [0.15, 0.2) is 22.7 Å². The van der Waals surface area contributed by atoms with Crippen LogP contribution in [-0.4, -0.2) is 17.2 Å². The first-order chi connectivity index (χ1) is 7.50. The molecular weight excluding hydrogens is 300 g/mol. The average Bonchev–Trinajstić information content (AvgIpc) is 2.46. The van der Waals surface area contributed by atoms with Crippen LogP contribution < -0.4 is 5.32 Å². The fourth-order valence-corrected chi connectivity index (χ4v) is 2.40. The lowest BCUT2D eigenvalue weighted by Crippen LogP contribution is -2.22. The lowest BCUT2D eigenvalue weighted by atomic mass is 9.97. The first-order valence-corrected chi connectivity index (χ1v) is 5.67. The highest BCUT2D eigenvalue weighted by atomic mass is 79.9. The molecule has 1 N–H and O–H groups in total. The molecule has 1 fully saturated rings. The lowest BCUT2D eigenvalue weighted by molar-refractivity contribution is -0.125. The van der Waals surface area contributed by atoms with Crippen molar-refractivity contribution >= 4 is 39.3 Å². The van der Waals surface area contributed by atoms with E-state index in [1.807, 2.05) is 0 Å². The maximum Gasteiger partial charge on any atom is 0.245 e. The van der Waals surface area contributed by atoms with Gasteiger partial charge in [0.15, 0.2) is 0 Å². The summed E-state index contributed by atoms with van der Waals surface area (Å²) in [5.41, 5.74) is 0.378. The zero-order valence-corrected chi connectivity index (χ0v) is 10.2. The van der Waals surface area contributed by atoms with Gasteiger partial charge in [-0.3, -0.25) is 14.9 Å². The fraction of sp³-hybridized carbons (Fsp3) is 0.200. The molecule has 2 atom stereocenters. The van der Waals surface area contributed by atoms with Gasteiger partial charge < -0.3 is 0 Å². The highest BCUT2D eigenvalue weighted by molar-refractivity contribution is 9.10. The zero-order chi connectivity index (χ0) is 11.9. The Morgan fingerprint density at radius 1 is 1.31 bits per heavy atom. The summed E-state index contributed by atoms with van der Waals surface area (Å²) in [7, 11) is 0. The fourth-order valence-electron chi connectivity index (χ4n) is 1.60. The van der Waals surface area contributed by atoms with Crippen molar-refractivity contribution in [1.82, 2.24) is 5.32 Å². The summed E-state index contributed by atoms with van der Waals surface area (Å²) >= 11 is 9.01. The van der Waals surface area contributed by atoms with Crippen LogP contribution in [0.4, 0.5) is 4.39 Å². The molecule has 0 spiro atoms. The minimum Gasteiger partial charge on any atom is -0.295 e. The van der Waals surface area contributed by atoms with E-state index in [1.165, 1.54) is 18.2 Å². The monoisotopic (exact) mass is 305 g/mol. The number of carbonyl (C=O) groups is 2. The molecule has 1 aromatic carbocycles. The second-order valence-electron chi connectivity index (χ2n) is 3.40. The molecule has 2 unspecified atom stereocenters. The van der Waals surface area contributed by atoms with E-state index in [4.69, 9.17) is 11.6 Å². The van der Waals surface area contributed by atoms with Gasteiger partial charge in [-0.05, 0) is 23.8 Å². The van der Waals surface area contributed by atoms with Gasteiger partial charge >= 0.3 is 0 Å². The van der Waals surface area contributed by atoms with Crippen LogP contribution in [0.1, 0.15) is 11.5 Å². The van der Waals surface area contributed by atoms with E-state index in [-0.39, 0.29) is 0 Å². The quantitative estimate of drug-likeness (QED) is 0.636. The molecule has 16 heavy (non-hydrogen) atoms. The molecule has 0 aromatic heterocycles. The predicted molar refractivity (Wildman–Crippen MR) is 59.6 cm³/mol. The van der Waals surface area contributed by atoms with Crippen molar-refractivity contribution in [2.75, 3.05) is 0 Å². The van der Waals surface area contributed by atoms with Crippen molar-refractivity contribution in [3.63, 3.8) is 0 Å². The third-order valence-electron chi connectivity index (χ3n) is 2.37. The van der Waals surface area contributed by atoms with E-state index in [2.05, 4.69) is 21.2 Å². The van der Waals surface area contributed by atoms with Gasteiger partial charge in [0, 0.05) is 4.47 Å². The Hall–Kier alpha value is -0.940. The number of amides is 2. The molecule has 0 bridgehead atoms. The number of hydrogen-bond donors (Lipinski definition) is 1. The molecule has 1 aliphatic heterocycles. The third-order valence-corrected chi connectivity index (χ3v) is 3.54. The van der Waals surface area contributed by atoms with Gasteiger partial charge in [-0.2, -0.15) is 0 Å². The molecular formula is C10H6BrClFNO2. The van der Waals surface area contributed by atoms with E-state index in [0.29, 0.717) is 10.0 Å². The molecule has 6 heteroatoms. The SMILES string of the molecule is O=C1NC(=O)C(c2cc(F)ccc2Br)C1Cl. The van der Waals surface area contributed by atoms with Crippen molar-refractivity contribution in [2.24, 2.45) is 0 Å². The maximum absolute atomic E-state index is 13.1. The lowest BCUT2D eigenvalue weighted by Gasteiger charge is -2.11. The minimum absolute atomic E-state index is 0.378. The van der Waals surface area contributed by atoms with Crippen LogP contribution in [0, 0.1) is 5.82 Å².